The molecule has 80 valence electrons. The fraction of sp³-hybridized carbons (Fsp3) is 0.417. The summed E-state index contributed by atoms with van der Waals surface area (Å²) in [4.78, 5) is 0. The van der Waals surface area contributed by atoms with Crippen LogP contribution in [0, 0.1) is 11.3 Å². The lowest BCUT2D eigenvalue weighted by atomic mass is 10.1. The Kier molecular flexibility index (Phi) is 4.14. The van der Waals surface area contributed by atoms with Gasteiger partial charge in [0.25, 0.3) is 0 Å². The summed E-state index contributed by atoms with van der Waals surface area (Å²) in [6, 6.07) is 9.09. The van der Waals surface area contributed by atoms with Crippen LogP contribution in [0.25, 0.3) is 0 Å². The van der Waals surface area contributed by atoms with Crippen molar-refractivity contribution in [2.24, 2.45) is 0 Å². The van der Waals surface area contributed by atoms with Crippen LogP contribution in [0.4, 0.5) is 0 Å². The van der Waals surface area contributed by atoms with E-state index in [1.807, 2.05) is 19.9 Å². The summed E-state index contributed by atoms with van der Waals surface area (Å²) < 4.78 is 5.46. The minimum Gasteiger partial charge on any atom is -0.491 e. The number of aliphatic hydroxyl groups excluding tert-OH is 1. The largest absolute Gasteiger partial charge is 0.491 e. The number of ether oxygens (including phenoxy) is 1. The van der Waals surface area contributed by atoms with Crippen molar-refractivity contribution in [2.75, 3.05) is 0 Å². The molecule has 0 aliphatic heterocycles. The second-order valence-corrected chi connectivity index (χ2v) is 3.61. The van der Waals surface area contributed by atoms with Crippen molar-refractivity contribution in [2.45, 2.75) is 32.5 Å². The first-order chi connectivity index (χ1) is 7.13. The second kappa shape index (κ2) is 5.38. The Labute approximate surface area is 89.9 Å². The molecule has 0 aromatic heterocycles. The molecule has 1 atom stereocenters. The van der Waals surface area contributed by atoms with Crippen LogP contribution >= 0.6 is 0 Å². The normalized spacial score (nSPS) is 12.2. The van der Waals surface area contributed by atoms with Gasteiger partial charge in [0.2, 0.25) is 0 Å². The van der Waals surface area contributed by atoms with Crippen LogP contribution < -0.4 is 4.74 Å². The predicted octanol–water partition coefficient (Wildman–Crippen LogP) is 2.42. The van der Waals surface area contributed by atoms with Crippen LogP contribution in [0.3, 0.4) is 0 Å². The summed E-state index contributed by atoms with van der Waals surface area (Å²) in [5.41, 5.74) is 0.743. The summed E-state index contributed by atoms with van der Waals surface area (Å²) in [5, 5.41) is 18.0. The Bertz CT molecular complexity index is 338. The van der Waals surface area contributed by atoms with E-state index in [1.54, 1.807) is 24.3 Å². The number of hydrogen-bond acceptors (Lipinski definition) is 3. The van der Waals surface area contributed by atoms with Gasteiger partial charge in [-0.15, -0.1) is 0 Å². The van der Waals surface area contributed by atoms with E-state index >= 15 is 0 Å². The van der Waals surface area contributed by atoms with Crippen molar-refractivity contribution in [1.82, 2.24) is 0 Å². The van der Waals surface area contributed by atoms with Gasteiger partial charge in [-0.25, -0.2) is 0 Å². The van der Waals surface area contributed by atoms with E-state index in [9.17, 15) is 5.11 Å². The minimum absolute atomic E-state index is 0.115. The van der Waals surface area contributed by atoms with Crippen LogP contribution in [-0.2, 0) is 0 Å². The number of rotatable bonds is 4. The van der Waals surface area contributed by atoms with Crippen molar-refractivity contribution in [3.63, 3.8) is 0 Å². The molecule has 1 unspecified atom stereocenters. The SMILES string of the molecule is CC(C)Oc1ccc(C(O)CC#N)cc1. The molecule has 3 heteroatoms. The quantitative estimate of drug-likeness (QED) is 0.821. The topological polar surface area (TPSA) is 53.2 Å². The maximum Gasteiger partial charge on any atom is 0.119 e. The van der Waals surface area contributed by atoms with Crippen molar-refractivity contribution >= 4 is 0 Å². The first kappa shape index (κ1) is 11.5. The molecule has 3 nitrogen and oxygen atoms in total. The maximum atomic E-state index is 9.53. The number of hydrogen-bond donors (Lipinski definition) is 1. The van der Waals surface area contributed by atoms with Gasteiger partial charge in [-0.05, 0) is 31.5 Å². The Balaban J connectivity index is 2.68. The van der Waals surface area contributed by atoms with Crippen LogP contribution in [0.1, 0.15) is 31.9 Å². The van der Waals surface area contributed by atoms with Crippen LogP contribution in [0.2, 0.25) is 0 Å². The average molecular weight is 205 g/mol. The molecule has 0 saturated carbocycles. The molecule has 1 aromatic carbocycles. The molecule has 0 fully saturated rings. The van der Waals surface area contributed by atoms with E-state index in [0.29, 0.717) is 0 Å². The lowest BCUT2D eigenvalue weighted by molar-refractivity contribution is 0.183. The second-order valence-electron chi connectivity index (χ2n) is 3.61. The Morgan fingerprint density at radius 3 is 2.40 bits per heavy atom. The zero-order valence-corrected chi connectivity index (χ0v) is 8.97. The molecule has 0 aliphatic carbocycles. The van der Waals surface area contributed by atoms with E-state index in [2.05, 4.69) is 0 Å². The van der Waals surface area contributed by atoms with E-state index in [0.717, 1.165) is 11.3 Å². The Morgan fingerprint density at radius 2 is 1.93 bits per heavy atom. The monoisotopic (exact) mass is 205 g/mol. The number of nitrogens with zero attached hydrogens (tertiary/aromatic N) is 1. The minimum atomic E-state index is -0.705. The third-order valence-electron chi connectivity index (χ3n) is 1.92. The van der Waals surface area contributed by atoms with E-state index in [1.165, 1.54) is 0 Å². The van der Waals surface area contributed by atoms with Gasteiger partial charge in [0.1, 0.15) is 5.75 Å². The molecular formula is C12H15NO2. The molecule has 0 amide bonds. The van der Waals surface area contributed by atoms with Crippen molar-refractivity contribution in [3.8, 4) is 11.8 Å². The highest BCUT2D eigenvalue weighted by atomic mass is 16.5. The van der Waals surface area contributed by atoms with Crippen LogP contribution in [0.5, 0.6) is 5.75 Å². The summed E-state index contributed by atoms with van der Waals surface area (Å²) in [6.45, 7) is 3.91. The lowest BCUT2D eigenvalue weighted by Crippen LogP contribution is -2.05. The molecule has 0 radical (unpaired) electrons. The third-order valence-corrected chi connectivity index (χ3v) is 1.92. The summed E-state index contributed by atoms with van der Waals surface area (Å²) >= 11 is 0. The van der Waals surface area contributed by atoms with Crippen LogP contribution in [0.15, 0.2) is 24.3 Å². The van der Waals surface area contributed by atoms with Gasteiger partial charge in [0.15, 0.2) is 0 Å². The van der Waals surface area contributed by atoms with Gasteiger partial charge in [-0.1, -0.05) is 12.1 Å². The van der Waals surface area contributed by atoms with Gasteiger partial charge in [0, 0.05) is 0 Å². The molecular weight excluding hydrogens is 190 g/mol. The average Bonchev–Trinajstić information content (AvgIpc) is 2.18. The maximum absolute atomic E-state index is 9.53. The lowest BCUT2D eigenvalue weighted by Gasteiger charge is -2.11. The number of aliphatic hydroxyl groups is 1. The molecule has 0 aliphatic rings. The Hall–Kier alpha value is -1.53. The Morgan fingerprint density at radius 1 is 1.33 bits per heavy atom. The first-order valence-electron chi connectivity index (χ1n) is 4.95. The molecule has 1 N–H and O–H groups in total. The first-order valence-corrected chi connectivity index (χ1v) is 4.95. The van der Waals surface area contributed by atoms with E-state index < -0.39 is 6.10 Å². The molecule has 15 heavy (non-hydrogen) atoms. The molecule has 0 spiro atoms. The summed E-state index contributed by atoms with van der Waals surface area (Å²) in [6.07, 6.45) is -0.451. The van der Waals surface area contributed by atoms with E-state index in [-0.39, 0.29) is 12.5 Å². The zero-order chi connectivity index (χ0) is 11.3. The molecule has 0 bridgehead atoms. The zero-order valence-electron chi connectivity index (χ0n) is 8.97. The smallest absolute Gasteiger partial charge is 0.119 e. The van der Waals surface area contributed by atoms with Crippen molar-refractivity contribution in [3.05, 3.63) is 29.8 Å². The highest BCUT2D eigenvalue weighted by Gasteiger charge is 2.06. The van der Waals surface area contributed by atoms with Gasteiger partial charge in [0.05, 0.1) is 24.7 Å². The third kappa shape index (κ3) is 3.61. The molecule has 0 heterocycles. The summed E-state index contributed by atoms with van der Waals surface area (Å²) in [7, 11) is 0. The van der Waals surface area contributed by atoms with Crippen molar-refractivity contribution < 1.29 is 9.84 Å². The fourth-order valence-corrected chi connectivity index (χ4v) is 1.25. The van der Waals surface area contributed by atoms with Gasteiger partial charge in [-0.3, -0.25) is 0 Å². The molecule has 1 rings (SSSR count). The molecule has 0 saturated heterocycles. The van der Waals surface area contributed by atoms with Gasteiger partial charge >= 0.3 is 0 Å². The summed E-state index contributed by atoms with van der Waals surface area (Å²) in [5.74, 6) is 0.776. The highest BCUT2D eigenvalue weighted by molar-refractivity contribution is 5.28. The van der Waals surface area contributed by atoms with Gasteiger partial charge in [-0.2, -0.15) is 5.26 Å². The van der Waals surface area contributed by atoms with Crippen molar-refractivity contribution in [1.29, 1.82) is 5.26 Å². The van der Waals surface area contributed by atoms with Crippen LogP contribution in [-0.4, -0.2) is 11.2 Å². The predicted molar refractivity (Wildman–Crippen MR) is 57.4 cm³/mol. The number of benzene rings is 1. The van der Waals surface area contributed by atoms with E-state index in [4.69, 9.17) is 10.00 Å². The number of nitriles is 1. The molecule has 1 aromatic rings. The highest BCUT2D eigenvalue weighted by Crippen LogP contribution is 2.20. The fourth-order valence-electron chi connectivity index (χ4n) is 1.25. The van der Waals surface area contributed by atoms with Gasteiger partial charge < -0.3 is 9.84 Å². The standard InChI is InChI=1S/C12H15NO2/c1-9(2)15-11-5-3-10(4-6-11)12(14)7-8-13/h3-6,9,12,14H,7H2,1-2H3.